The number of halogens is 3. The molecule has 1 aromatic carbocycles. The first kappa shape index (κ1) is 21.3. The third-order valence-corrected chi connectivity index (χ3v) is 4.90. The molecule has 8 nitrogen and oxygen atoms in total. The molecule has 32 heavy (non-hydrogen) atoms. The Kier molecular flexibility index (Phi) is 5.10. The Balaban J connectivity index is 1.82. The molecule has 2 aromatic heterocycles. The number of amides is 1. The Bertz CT molecular complexity index is 1290. The fourth-order valence-corrected chi connectivity index (χ4v) is 3.27. The van der Waals surface area contributed by atoms with E-state index in [1.165, 1.54) is 29.4 Å². The Morgan fingerprint density at radius 1 is 1.28 bits per heavy atom. The molecular formula is C21H16F3N5O3. The molecule has 3 N–H and O–H groups in total. The molecule has 1 atom stereocenters. The number of likely N-dealkylation sites (N-methyl/N-ethyl adjacent to an activating group) is 1. The van der Waals surface area contributed by atoms with E-state index in [1.807, 2.05) is 0 Å². The topological polar surface area (TPSA) is 114 Å². The minimum Gasteiger partial charge on any atom is -0.405 e. The molecule has 0 bridgehead atoms. The average Bonchev–Trinajstić information content (AvgIpc) is 3.00. The van der Waals surface area contributed by atoms with Crippen LogP contribution in [-0.2, 0) is 4.79 Å². The lowest BCUT2D eigenvalue weighted by Crippen LogP contribution is -2.37. The van der Waals surface area contributed by atoms with Gasteiger partial charge < -0.3 is 20.5 Å². The van der Waals surface area contributed by atoms with E-state index in [0.29, 0.717) is 17.4 Å². The van der Waals surface area contributed by atoms with Gasteiger partial charge in [-0.3, -0.25) is 9.78 Å². The smallest absolute Gasteiger partial charge is 0.405 e. The van der Waals surface area contributed by atoms with Gasteiger partial charge in [0, 0.05) is 37.2 Å². The maximum atomic E-state index is 13.0. The summed E-state index contributed by atoms with van der Waals surface area (Å²) in [6.07, 6.45) is -1.94. The lowest BCUT2D eigenvalue weighted by molar-refractivity contribution is -0.274. The van der Waals surface area contributed by atoms with Gasteiger partial charge in [0.05, 0.1) is 17.3 Å². The first-order valence-electron chi connectivity index (χ1n) is 9.34. The third kappa shape index (κ3) is 4.13. The second-order valence-corrected chi connectivity index (χ2v) is 7.17. The SMILES string of the molecule is CN1CC[C@@](O)(C#Cc2ccc(OC(F)(F)F)c(-c3nc(N)c4ccncc4n3)c2)C1=O. The summed E-state index contributed by atoms with van der Waals surface area (Å²) >= 11 is 0. The van der Waals surface area contributed by atoms with Crippen molar-refractivity contribution in [1.29, 1.82) is 0 Å². The zero-order chi connectivity index (χ0) is 23.1. The van der Waals surface area contributed by atoms with E-state index in [-0.39, 0.29) is 29.2 Å². The van der Waals surface area contributed by atoms with Crippen LogP contribution in [0.3, 0.4) is 0 Å². The van der Waals surface area contributed by atoms with Crippen LogP contribution < -0.4 is 10.5 Å². The van der Waals surface area contributed by atoms with Gasteiger partial charge in [-0.1, -0.05) is 11.8 Å². The largest absolute Gasteiger partial charge is 0.573 e. The average molecular weight is 443 g/mol. The van der Waals surface area contributed by atoms with Crippen molar-refractivity contribution in [3.8, 4) is 29.0 Å². The van der Waals surface area contributed by atoms with Crippen LogP contribution in [-0.4, -0.2) is 56.4 Å². The molecule has 1 fully saturated rings. The molecule has 11 heteroatoms. The number of hydrogen-bond donors (Lipinski definition) is 2. The fourth-order valence-electron chi connectivity index (χ4n) is 3.27. The number of pyridine rings is 1. The molecule has 1 amide bonds. The predicted octanol–water partition coefficient (Wildman–Crippen LogP) is 2.12. The number of likely N-dealkylation sites (tertiary alicyclic amines) is 1. The van der Waals surface area contributed by atoms with Crippen molar-refractivity contribution in [2.45, 2.75) is 18.4 Å². The number of carbonyl (C=O) groups excluding carboxylic acids is 1. The number of ether oxygens (including phenoxy) is 1. The summed E-state index contributed by atoms with van der Waals surface area (Å²) in [5, 5.41) is 10.9. The second kappa shape index (κ2) is 7.65. The number of nitrogens with two attached hydrogens (primary N) is 1. The highest BCUT2D eigenvalue weighted by Gasteiger charge is 2.42. The lowest BCUT2D eigenvalue weighted by Gasteiger charge is -2.14. The highest BCUT2D eigenvalue weighted by atomic mass is 19.4. The van der Waals surface area contributed by atoms with Gasteiger partial charge in [-0.2, -0.15) is 0 Å². The van der Waals surface area contributed by atoms with E-state index in [0.717, 1.165) is 6.07 Å². The molecule has 1 aliphatic rings. The van der Waals surface area contributed by atoms with Crippen LogP contribution >= 0.6 is 0 Å². The van der Waals surface area contributed by atoms with Crippen LogP contribution in [0.5, 0.6) is 5.75 Å². The fraction of sp³-hybridized carbons (Fsp3) is 0.238. The van der Waals surface area contributed by atoms with Gasteiger partial charge in [0.15, 0.2) is 5.82 Å². The van der Waals surface area contributed by atoms with Crippen LogP contribution in [0.2, 0.25) is 0 Å². The molecule has 0 unspecified atom stereocenters. The maximum absolute atomic E-state index is 13.0. The van der Waals surface area contributed by atoms with E-state index in [2.05, 4.69) is 31.5 Å². The number of carbonyl (C=O) groups is 1. The number of aliphatic hydroxyl groups is 1. The second-order valence-electron chi connectivity index (χ2n) is 7.17. The molecule has 4 rings (SSSR count). The molecule has 0 aliphatic carbocycles. The van der Waals surface area contributed by atoms with Gasteiger partial charge in [0.25, 0.3) is 5.91 Å². The van der Waals surface area contributed by atoms with Crippen LogP contribution in [0.15, 0.2) is 36.7 Å². The number of nitrogens with zero attached hydrogens (tertiary/aromatic N) is 4. The summed E-state index contributed by atoms with van der Waals surface area (Å²) in [4.78, 5) is 25.7. The van der Waals surface area contributed by atoms with Crippen LogP contribution in [0.1, 0.15) is 12.0 Å². The van der Waals surface area contributed by atoms with E-state index in [4.69, 9.17) is 5.73 Å². The van der Waals surface area contributed by atoms with Gasteiger partial charge in [-0.15, -0.1) is 13.2 Å². The minimum atomic E-state index is -4.96. The molecule has 0 saturated carbocycles. The third-order valence-electron chi connectivity index (χ3n) is 4.90. The Hall–Kier alpha value is -3.91. The number of rotatable bonds is 2. The first-order valence-corrected chi connectivity index (χ1v) is 9.34. The van der Waals surface area contributed by atoms with Crippen molar-refractivity contribution < 1.29 is 27.8 Å². The molecule has 0 radical (unpaired) electrons. The van der Waals surface area contributed by atoms with Crippen molar-refractivity contribution in [3.05, 3.63) is 42.2 Å². The zero-order valence-electron chi connectivity index (χ0n) is 16.6. The highest BCUT2D eigenvalue weighted by Crippen LogP contribution is 2.34. The van der Waals surface area contributed by atoms with E-state index in [1.54, 1.807) is 13.1 Å². The van der Waals surface area contributed by atoms with Gasteiger partial charge in [0.1, 0.15) is 11.6 Å². The Morgan fingerprint density at radius 3 is 2.75 bits per heavy atom. The monoisotopic (exact) mass is 443 g/mol. The standard InChI is InChI=1S/C21H16F3N5O3/c1-29-9-7-20(31,19(29)30)6-4-12-2-3-16(32-21(22,23)24)14(10-12)18-27-15-11-26-8-5-13(15)17(25)28-18/h2-3,5,8,10-11,31H,7,9H2,1H3,(H2,25,27,28)/t20-/m0/s1. The number of hydrogen-bond acceptors (Lipinski definition) is 7. The first-order chi connectivity index (χ1) is 15.1. The van der Waals surface area contributed by atoms with Crippen molar-refractivity contribution in [1.82, 2.24) is 19.9 Å². The van der Waals surface area contributed by atoms with Crippen LogP contribution in [0.4, 0.5) is 19.0 Å². The summed E-state index contributed by atoms with van der Waals surface area (Å²) in [7, 11) is 1.54. The van der Waals surface area contributed by atoms with Gasteiger partial charge in [-0.05, 0) is 24.3 Å². The summed E-state index contributed by atoms with van der Waals surface area (Å²) in [5.74, 6) is 4.00. The van der Waals surface area contributed by atoms with Gasteiger partial charge in [0.2, 0.25) is 5.60 Å². The van der Waals surface area contributed by atoms with E-state index >= 15 is 0 Å². The minimum absolute atomic E-state index is 0.0516. The Morgan fingerprint density at radius 2 is 2.06 bits per heavy atom. The number of aromatic nitrogens is 3. The Labute approximate surface area is 179 Å². The molecule has 3 heterocycles. The van der Waals surface area contributed by atoms with Crippen molar-refractivity contribution in [2.24, 2.45) is 0 Å². The van der Waals surface area contributed by atoms with Crippen LogP contribution in [0.25, 0.3) is 22.3 Å². The van der Waals surface area contributed by atoms with E-state index < -0.39 is 23.6 Å². The molecule has 0 spiro atoms. The molecule has 1 saturated heterocycles. The molecule has 3 aromatic rings. The molecule has 1 aliphatic heterocycles. The number of fused-ring (bicyclic) bond motifs is 1. The van der Waals surface area contributed by atoms with Gasteiger partial charge in [-0.25, -0.2) is 9.97 Å². The molecular weight excluding hydrogens is 427 g/mol. The van der Waals surface area contributed by atoms with Crippen molar-refractivity contribution >= 4 is 22.6 Å². The van der Waals surface area contributed by atoms with E-state index in [9.17, 15) is 23.1 Å². The van der Waals surface area contributed by atoms with Crippen LogP contribution in [0, 0.1) is 11.8 Å². The maximum Gasteiger partial charge on any atom is 0.573 e. The lowest BCUT2D eigenvalue weighted by atomic mass is 10.0. The zero-order valence-corrected chi connectivity index (χ0v) is 16.6. The highest BCUT2D eigenvalue weighted by molar-refractivity contribution is 5.91. The number of alkyl halides is 3. The number of anilines is 1. The van der Waals surface area contributed by atoms with Gasteiger partial charge >= 0.3 is 6.36 Å². The number of nitrogen functional groups attached to an aromatic ring is 1. The number of benzene rings is 1. The summed E-state index contributed by atoms with van der Waals surface area (Å²) < 4.78 is 43.0. The normalized spacial score (nSPS) is 18.5. The van der Waals surface area contributed by atoms with Crippen molar-refractivity contribution in [2.75, 3.05) is 19.3 Å². The van der Waals surface area contributed by atoms with Crippen molar-refractivity contribution in [3.63, 3.8) is 0 Å². The molecule has 164 valence electrons. The summed E-state index contributed by atoms with van der Waals surface area (Å²) in [5.41, 5.74) is 4.53. The summed E-state index contributed by atoms with van der Waals surface area (Å²) in [6.45, 7) is 0.339. The predicted molar refractivity (Wildman–Crippen MR) is 108 cm³/mol. The summed E-state index contributed by atoms with van der Waals surface area (Å²) in [6, 6.07) is 5.19. The quantitative estimate of drug-likeness (QED) is 0.583.